The summed E-state index contributed by atoms with van der Waals surface area (Å²) in [5, 5.41) is 10.1. The second-order valence-corrected chi connectivity index (χ2v) is 6.27. The molecule has 0 unspecified atom stereocenters. The van der Waals surface area contributed by atoms with Crippen LogP contribution in [0.3, 0.4) is 0 Å². The van der Waals surface area contributed by atoms with Gasteiger partial charge in [0.15, 0.2) is 0 Å². The van der Waals surface area contributed by atoms with Crippen molar-refractivity contribution in [1.82, 2.24) is 4.90 Å². The van der Waals surface area contributed by atoms with Crippen LogP contribution in [0, 0.1) is 5.92 Å². The number of aliphatic hydroxyl groups is 1. The van der Waals surface area contributed by atoms with E-state index in [1.165, 1.54) is 32.1 Å². The van der Waals surface area contributed by atoms with E-state index in [4.69, 9.17) is 0 Å². The molecule has 1 amide bonds. The average molecular weight is 253 g/mol. The quantitative estimate of drug-likeness (QED) is 0.818. The minimum atomic E-state index is -0.574. The number of hydrogen-bond acceptors (Lipinski definition) is 2. The molecule has 0 atom stereocenters. The SMILES string of the molecule is CCCC1(O)CN(C(=O)CCC2CCCCC2)C1. The molecule has 1 saturated heterocycles. The van der Waals surface area contributed by atoms with E-state index >= 15 is 0 Å². The van der Waals surface area contributed by atoms with Gasteiger partial charge in [-0.3, -0.25) is 4.79 Å². The van der Waals surface area contributed by atoms with E-state index in [9.17, 15) is 9.90 Å². The average Bonchev–Trinajstić information content (AvgIpc) is 2.34. The molecule has 104 valence electrons. The molecular formula is C15H27NO2. The summed E-state index contributed by atoms with van der Waals surface area (Å²) in [4.78, 5) is 13.8. The summed E-state index contributed by atoms with van der Waals surface area (Å²) in [6, 6.07) is 0. The van der Waals surface area contributed by atoms with Crippen molar-refractivity contribution in [3.8, 4) is 0 Å². The number of carbonyl (C=O) groups is 1. The molecule has 0 radical (unpaired) electrons. The van der Waals surface area contributed by atoms with Gasteiger partial charge in [0.05, 0.1) is 18.7 Å². The summed E-state index contributed by atoms with van der Waals surface area (Å²) in [7, 11) is 0. The fourth-order valence-corrected chi connectivity index (χ4v) is 3.43. The molecule has 1 N–H and O–H groups in total. The number of rotatable bonds is 5. The predicted molar refractivity (Wildman–Crippen MR) is 72.2 cm³/mol. The van der Waals surface area contributed by atoms with Crippen molar-refractivity contribution in [2.45, 2.75) is 70.3 Å². The summed E-state index contributed by atoms with van der Waals surface area (Å²) in [5.41, 5.74) is -0.574. The van der Waals surface area contributed by atoms with E-state index in [2.05, 4.69) is 6.92 Å². The van der Waals surface area contributed by atoms with Crippen LogP contribution in [0.2, 0.25) is 0 Å². The lowest BCUT2D eigenvalue weighted by molar-refractivity contribution is -0.156. The molecule has 3 heteroatoms. The number of hydrogen-bond donors (Lipinski definition) is 1. The second-order valence-electron chi connectivity index (χ2n) is 6.27. The van der Waals surface area contributed by atoms with Crippen molar-refractivity contribution in [1.29, 1.82) is 0 Å². The first-order valence-electron chi connectivity index (χ1n) is 7.63. The normalized spacial score (nSPS) is 23.8. The van der Waals surface area contributed by atoms with Crippen LogP contribution < -0.4 is 0 Å². The zero-order valence-electron chi connectivity index (χ0n) is 11.7. The van der Waals surface area contributed by atoms with Gasteiger partial charge in [0.1, 0.15) is 0 Å². The van der Waals surface area contributed by atoms with Crippen LogP contribution in [-0.4, -0.2) is 34.6 Å². The van der Waals surface area contributed by atoms with Crippen molar-refractivity contribution in [3.63, 3.8) is 0 Å². The molecule has 1 aliphatic heterocycles. The summed E-state index contributed by atoms with van der Waals surface area (Å²) in [6.45, 7) is 3.19. The standard InChI is InChI=1S/C15H27NO2/c1-2-10-15(18)11-16(12-15)14(17)9-8-13-6-4-3-5-7-13/h13,18H,2-12H2,1H3. The number of nitrogens with zero attached hydrogens (tertiary/aromatic N) is 1. The molecule has 0 spiro atoms. The van der Waals surface area contributed by atoms with Crippen molar-refractivity contribution in [2.24, 2.45) is 5.92 Å². The fraction of sp³-hybridized carbons (Fsp3) is 0.933. The van der Waals surface area contributed by atoms with Crippen molar-refractivity contribution in [2.75, 3.05) is 13.1 Å². The summed E-state index contributed by atoms with van der Waals surface area (Å²) in [5.74, 6) is 1.03. The molecule has 18 heavy (non-hydrogen) atoms. The van der Waals surface area contributed by atoms with E-state index in [1.807, 2.05) is 4.90 Å². The van der Waals surface area contributed by atoms with Gasteiger partial charge in [-0.05, 0) is 18.8 Å². The van der Waals surface area contributed by atoms with Gasteiger partial charge in [-0.2, -0.15) is 0 Å². The van der Waals surface area contributed by atoms with E-state index in [-0.39, 0.29) is 5.91 Å². The Balaban J connectivity index is 1.64. The molecule has 0 aromatic rings. The lowest BCUT2D eigenvalue weighted by Gasteiger charge is -2.46. The lowest BCUT2D eigenvalue weighted by Crippen LogP contribution is -2.63. The topological polar surface area (TPSA) is 40.5 Å². The van der Waals surface area contributed by atoms with Crippen molar-refractivity contribution in [3.05, 3.63) is 0 Å². The molecule has 1 aliphatic carbocycles. The molecule has 1 heterocycles. The number of likely N-dealkylation sites (tertiary alicyclic amines) is 1. The molecule has 1 saturated carbocycles. The van der Waals surface area contributed by atoms with E-state index in [0.29, 0.717) is 19.5 Å². The van der Waals surface area contributed by atoms with Gasteiger partial charge < -0.3 is 10.0 Å². The molecular weight excluding hydrogens is 226 g/mol. The van der Waals surface area contributed by atoms with Gasteiger partial charge >= 0.3 is 0 Å². The van der Waals surface area contributed by atoms with Crippen LogP contribution in [0.4, 0.5) is 0 Å². The van der Waals surface area contributed by atoms with Gasteiger partial charge in [-0.15, -0.1) is 0 Å². The fourth-order valence-electron chi connectivity index (χ4n) is 3.43. The maximum absolute atomic E-state index is 12.0. The van der Waals surface area contributed by atoms with Crippen LogP contribution in [0.5, 0.6) is 0 Å². The van der Waals surface area contributed by atoms with Crippen LogP contribution in [0.1, 0.15) is 64.7 Å². The third-order valence-corrected chi connectivity index (χ3v) is 4.53. The zero-order chi connectivity index (χ0) is 13.0. The molecule has 0 aromatic heterocycles. The van der Waals surface area contributed by atoms with Crippen molar-refractivity contribution < 1.29 is 9.90 Å². The van der Waals surface area contributed by atoms with Crippen LogP contribution >= 0.6 is 0 Å². The van der Waals surface area contributed by atoms with Gasteiger partial charge in [-0.25, -0.2) is 0 Å². The Labute approximate surface area is 111 Å². The highest BCUT2D eigenvalue weighted by molar-refractivity contribution is 5.77. The molecule has 0 aromatic carbocycles. The van der Waals surface area contributed by atoms with E-state index in [1.54, 1.807) is 0 Å². The third-order valence-electron chi connectivity index (χ3n) is 4.53. The summed E-state index contributed by atoms with van der Waals surface area (Å²) >= 11 is 0. The second kappa shape index (κ2) is 6.05. The number of carbonyl (C=O) groups excluding carboxylic acids is 1. The maximum Gasteiger partial charge on any atom is 0.222 e. The Morgan fingerprint density at radius 2 is 1.94 bits per heavy atom. The van der Waals surface area contributed by atoms with Gasteiger partial charge in [-0.1, -0.05) is 45.4 Å². The smallest absolute Gasteiger partial charge is 0.222 e. The minimum Gasteiger partial charge on any atom is -0.386 e. The van der Waals surface area contributed by atoms with E-state index < -0.39 is 5.60 Å². The number of β-amino-alcohol motifs (C(OH)–C–C–N with tert-alkyl or cyclic N) is 1. The number of amides is 1. The Bertz CT molecular complexity index is 278. The van der Waals surface area contributed by atoms with Gasteiger partial charge in [0, 0.05) is 6.42 Å². The first kappa shape index (κ1) is 13.9. The summed E-state index contributed by atoms with van der Waals surface area (Å²) < 4.78 is 0. The highest BCUT2D eigenvalue weighted by Crippen LogP contribution is 2.30. The van der Waals surface area contributed by atoms with Gasteiger partial charge in [0.25, 0.3) is 0 Å². The van der Waals surface area contributed by atoms with Crippen LogP contribution in [-0.2, 0) is 4.79 Å². The monoisotopic (exact) mass is 253 g/mol. The first-order valence-corrected chi connectivity index (χ1v) is 7.63. The Morgan fingerprint density at radius 1 is 1.28 bits per heavy atom. The molecule has 2 rings (SSSR count). The van der Waals surface area contributed by atoms with Crippen LogP contribution in [0.25, 0.3) is 0 Å². The van der Waals surface area contributed by atoms with Crippen molar-refractivity contribution >= 4 is 5.91 Å². The predicted octanol–water partition coefficient (Wildman–Crippen LogP) is 2.72. The molecule has 3 nitrogen and oxygen atoms in total. The molecule has 0 bridgehead atoms. The highest BCUT2D eigenvalue weighted by Gasteiger charge is 2.42. The minimum absolute atomic E-state index is 0.251. The maximum atomic E-state index is 12.0. The third kappa shape index (κ3) is 3.47. The lowest BCUT2D eigenvalue weighted by atomic mass is 9.85. The highest BCUT2D eigenvalue weighted by atomic mass is 16.3. The Morgan fingerprint density at radius 3 is 2.56 bits per heavy atom. The zero-order valence-corrected chi connectivity index (χ0v) is 11.7. The first-order chi connectivity index (χ1) is 8.63. The Kier molecular flexibility index (Phi) is 4.66. The largest absolute Gasteiger partial charge is 0.386 e. The summed E-state index contributed by atoms with van der Waals surface area (Å²) in [6.07, 6.45) is 10.2. The molecule has 2 fully saturated rings. The Hall–Kier alpha value is -0.570. The van der Waals surface area contributed by atoms with E-state index in [0.717, 1.165) is 25.2 Å². The van der Waals surface area contributed by atoms with Gasteiger partial charge in [0.2, 0.25) is 5.91 Å². The molecule has 2 aliphatic rings. The van der Waals surface area contributed by atoms with Crippen LogP contribution in [0.15, 0.2) is 0 Å².